The second-order valence-corrected chi connectivity index (χ2v) is 5.74. The fourth-order valence-electron chi connectivity index (χ4n) is 2.27. The van der Waals surface area contributed by atoms with Crippen LogP contribution in [0.1, 0.15) is 36.7 Å². The quantitative estimate of drug-likeness (QED) is 0.563. The zero-order valence-corrected chi connectivity index (χ0v) is 14.1. The first kappa shape index (κ1) is 17.1. The predicted molar refractivity (Wildman–Crippen MR) is 89.3 cm³/mol. The van der Waals surface area contributed by atoms with Gasteiger partial charge in [0, 0.05) is 12.1 Å². The SMILES string of the molecule is CCNC(=NCc1cc(C)oc1C)NCC(C)(O)c1ccco1. The van der Waals surface area contributed by atoms with E-state index in [9.17, 15) is 5.11 Å². The lowest BCUT2D eigenvalue weighted by Gasteiger charge is -2.22. The van der Waals surface area contributed by atoms with E-state index in [4.69, 9.17) is 8.83 Å². The van der Waals surface area contributed by atoms with Crippen LogP contribution in [-0.4, -0.2) is 24.2 Å². The third-order valence-electron chi connectivity index (χ3n) is 3.55. The molecule has 3 N–H and O–H groups in total. The molecule has 2 heterocycles. The van der Waals surface area contributed by atoms with Crippen LogP contribution in [0.2, 0.25) is 0 Å². The van der Waals surface area contributed by atoms with E-state index in [1.807, 2.05) is 26.8 Å². The molecule has 0 bridgehead atoms. The van der Waals surface area contributed by atoms with Crippen LogP contribution in [0.25, 0.3) is 0 Å². The smallest absolute Gasteiger partial charge is 0.191 e. The van der Waals surface area contributed by atoms with Crippen molar-refractivity contribution in [3.05, 3.63) is 47.3 Å². The number of nitrogens with zero attached hydrogens (tertiary/aromatic N) is 1. The van der Waals surface area contributed by atoms with Gasteiger partial charge in [0.05, 0.1) is 19.4 Å². The highest BCUT2D eigenvalue weighted by Crippen LogP contribution is 2.19. The van der Waals surface area contributed by atoms with Crippen LogP contribution in [0.5, 0.6) is 0 Å². The molecule has 0 amide bonds. The maximum absolute atomic E-state index is 10.5. The number of guanidine groups is 1. The average Bonchev–Trinajstić information content (AvgIpc) is 3.12. The monoisotopic (exact) mass is 319 g/mol. The second kappa shape index (κ2) is 7.37. The van der Waals surface area contributed by atoms with E-state index in [2.05, 4.69) is 15.6 Å². The van der Waals surface area contributed by atoms with Gasteiger partial charge in [0.15, 0.2) is 5.96 Å². The number of rotatable bonds is 6. The zero-order valence-electron chi connectivity index (χ0n) is 14.1. The summed E-state index contributed by atoms with van der Waals surface area (Å²) in [6, 6.07) is 5.50. The van der Waals surface area contributed by atoms with Gasteiger partial charge in [-0.05, 0) is 45.9 Å². The van der Waals surface area contributed by atoms with Gasteiger partial charge in [-0.3, -0.25) is 0 Å². The van der Waals surface area contributed by atoms with E-state index < -0.39 is 5.60 Å². The van der Waals surface area contributed by atoms with Crippen molar-refractivity contribution >= 4 is 5.96 Å². The molecule has 1 unspecified atom stereocenters. The summed E-state index contributed by atoms with van der Waals surface area (Å²) in [7, 11) is 0. The molecule has 0 fully saturated rings. The Morgan fingerprint density at radius 1 is 1.35 bits per heavy atom. The first-order valence-corrected chi connectivity index (χ1v) is 7.77. The lowest BCUT2D eigenvalue weighted by Crippen LogP contribution is -2.44. The molecule has 1 atom stereocenters. The number of hydrogen-bond donors (Lipinski definition) is 3. The van der Waals surface area contributed by atoms with Crippen LogP contribution in [0.3, 0.4) is 0 Å². The van der Waals surface area contributed by atoms with Gasteiger partial charge in [-0.1, -0.05) is 0 Å². The summed E-state index contributed by atoms with van der Waals surface area (Å²) in [6.07, 6.45) is 1.55. The molecule has 0 aromatic carbocycles. The molecule has 126 valence electrons. The number of nitrogens with one attached hydrogen (secondary N) is 2. The molecule has 6 nitrogen and oxygen atoms in total. The minimum atomic E-state index is -1.11. The minimum absolute atomic E-state index is 0.287. The fraction of sp³-hybridized carbons (Fsp3) is 0.471. The molecule has 0 aliphatic heterocycles. The summed E-state index contributed by atoms with van der Waals surface area (Å²) in [5.74, 6) is 2.91. The van der Waals surface area contributed by atoms with Gasteiger partial charge in [-0.2, -0.15) is 0 Å². The Morgan fingerprint density at radius 3 is 2.70 bits per heavy atom. The summed E-state index contributed by atoms with van der Waals surface area (Å²) >= 11 is 0. The Balaban J connectivity index is 2.00. The van der Waals surface area contributed by atoms with Gasteiger partial charge in [0.1, 0.15) is 22.9 Å². The van der Waals surface area contributed by atoms with Crippen molar-refractivity contribution in [2.45, 2.75) is 39.8 Å². The van der Waals surface area contributed by atoms with Gasteiger partial charge < -0.3 is 24.6 Å². The fourth-order valence-corrected chi connectivity index (χ4v) is 2.27. The molecular formula is C17H25N3O3. The topological polar surface area (TPSA) is 82.9 Å². The predicted octanol–water partition coefficient (Wildman–Crippen LogP) is 2.45. The number of aliphatic hydroxyl groups is 1. The highest BCUT2D eigenvalue weighted by molar-refractivity contribution is 5.79. The zero-order chi connectivity index (χ0) is 16.9. The Bertz CT molecular complexity index is 642. The molecule has 23 heavy (non-hydrogen) atoms. The first-order valence-electron chi connectivity index (χ1n) is 7.77. The molecule has 0 spiro atoms. The van der Waals surface area contributed by atoms with Gasteiger partial charge in [-0.15, -0.1) is 0 Å². The van der Waals surface area contributed by atoms with Crippen molar-refractivity contribution in [3.63, 3.8) is 0 Å². The van der Waals surface area contributed by atoms with E-state index in [-0.39, 0.29) is 6.54 Å². The van der Waals surface area contributed by atoms with E-state index in [0.29, 0.717) is 18.3 Å². The highest BCUT2D eigenvalue weighted by atomic mass is 16.4. The molecule has 2 aromatic rings. The van der Waals surface area contributed by atoms with Crippen LogP contribution >= 0.6 is 0 Å². The summed E-state index contributed by atoms with van der Waals surface area (Å²) in [4.78, 5) is 4.53. The summed E-state index contributed by atoms with van der Waals surface area (Å²) < 4.78 is 10.8. The van der Waals surface area contributed by atoms with Crippen molar-refractivity contribution in [3.8, 4) is 0 Å². The number of aryl methyl sites for hydroxylation is 2. The van der Waals surface area contributed by atoms with Crippen LogP contribution in [0.15, 0.2) is 38.3 Å². The van der Waals surface area contributed by atoms with Gasteiger partial charge in [0.2, 0.25) is 0 Å². The van der Waals surface area contributed by atoms with Crippen molar-refractivity contribution in [1.29, 1.82) is 0 Å². The summed E-state index contributed by atoms with van der Waals surface area (Å²) in [5.41, 5.74) is -0.0561. The summed E-state index contributed by atoms with van der Waals surface area (Å²) in [6.45, 7) is 9.08. The molecule has 0 saturated carbocycles. The van der Waals surface area contributed by atoms with Crippen LogP contribution in [-0.2, 0) is 12.1 Å². The lowest BCUT2D eigenvalue weighted by atomic mass is 10.0. The maximum atomic E-state index is 10.5. The summed E-state index contributed by atoms with van der Waals surface area (Å²) in [5, 5.41) is 16.8. The van der Waals surface area contributed by atoms with Gasteiger partial charge in [-0.25, -0.2) is 4.99 Å². The molecule has 2 aromatic heterocycles. The Kier molecular flexibility index (Phi) is 5.50. The van der Waals surface area contributed by atoms with Crippen molar-refractivity contribution in [2.75, 3.05) is 13.1 Å². The maximum Gasteiger partial charge on any atom is 0.191 e. The molecule has 0 aliphatic rings. The van der Waals surface area contributed by atoms with Gasteiger partial charge in [0.25, 0.3) is 0 Å². The van der Waals surface area contributed by atoms with Crippen molar-refractivity contribution in [1.82, 2.24) is 10.6 Å². The second-order valence-electron chi connectivity index (χ2n) is 5.74. The van der Waals surface area contributed by atoms with E-state index in [1.165, 1.54) is 0 Å². The van der Waals surface area contributed by atoms with Crippen molar-refractivity contribution < 1.29 is 13.9 Å². The Labute approximate surface area is 136 Å². The van der Waals surface area contributed by atoms with E-state index in [0.717, 1.165) is 23.6 Å². The normalized spacial score (nSPS) is 14.6. The Hall–Kier alpha value is -2.21. The van der Waals surface area contributed by atoms with Crippen molar-refractivity contribution in [2.24, 2.45) is 4.99 Å². The molecular weight excluding hydrogens is 294 g/mol. The largest absolute Gasteiger partial charge is 0.466 e. The minimum Gasteiger partial charge on any atom is -0.466 e. The molecule has 6 heteroatoms. The third kappa shape index (κ3) is 4.63. The van der Waals surface area contributed by atoms with Crippen LogP contribution in [0, 0.1) is 13.8 Å². The van der Waals surface area contributed by atoms with Gasteiger partial charge >= 0.3 is 0 Å². The average molecular weight is 319 g/mol. The number of furan rings is 2. The van der Waals surface area contributed by atoms with E-state index in [1.54, 1.807) is 25.3 Å². The van der Waals surface area contributed by atoms with Crippen LogP contribution in [0.4, 0.5) is 0 Å². The van der Waals surface area contributed by atoms with Crippen LogP contribution < -0.4 is 10.6 Å². The standard InChI is InChI=1S/C17H25N3O3/c1-5-18-16(19-10-14-9-12(2)23-13(14)3)20-11-17(4,21)15-7-6-8-22-15/h6-9,21H,5,10-11H2,1-4H3,(H2,18,19,20). The third-order valence-corrected chi connectivity index (χ3v) is 3.55. The van der Waals surface area contributed by atoms with E-state index >= 15 is 0 Å². The Morgan fingerprint density at radius 2 is 2.13 bits per heavy atom. The molecule has 0 saturated heterocycles. The lowest BCUT2D eigenvalue weighted by molar-refractivity contribution is 0.0386. The molecule has 0 radical (unpaired) electrons. The molecule has 2 rings (SSSR count). The first-order chi connectivity index (χ1) is 10.9. The number of hydrogen-bond acceptors (Lipinski definition) is 4. The highest BCUT2D eigenvalue weighted by Gasteiger charge is 2.26. The molecule has 0 aliphatic carbocycles. The number of aliphatic imine (C=N–C) groups is 1.